The van der Waals surface area contributed by atoms with E-state index in [2.05, 4.69) is 41.4 Å². The quantitative estimate of drug-likeness (QED) is 0.874. The smallest absolute Gasteiger partial charge is 0.296 e. The summed E-state index contributed by atoms with van der Waals surface area (Å²) in [6.07, 6.45) is 1.60. The summed E-state index contributed by atoms with van der Waals surface area (Å²) in [5.74, 6) is 0.756. The number of aromatic nitrogens is 4. The minimum Gasteiger partial charge on any atom is -0.304 e. The van der Waals surface area contributed by atoms with Gasteiger partial charge in [0.2, 0.25) is 5.82 Å². The maximum absolute atomic E-state index is 11.6. The predicted molar refractivity (Wildman–Crippen MR) is 61.0 cm³/mol. The van der Waals surface area contributed by atoms with Crippen molar-refractivity contribution in [2.45, 2.75) is 6.92 Å². The number of pyridine rings is 1. The molecule has 0 aromatic carbocycles. The van der Waals surface area contributed by atoms with Crippen LogP contribution in [0.15, 0.2) is 22.8 Å². The lowest BCUT2D eigenvalue weighted by Crippen LogP contribution is -2.14. The largest absolute Gasteiger partial charge is 0.304 e. The lowest BCUT2D eigenvalue weighted by Gasteiger charge is -2.00. The summed E-state index contributed by atoms with van der Waals surface area (Å²) >= 11 is 3.26. The first-order chi connectivity index (χ1) is 7.65. The minimum absolute atomic E-state index is 0.0993. The van der Waals surface area contributed by atoms with Crippen LogP contribution in [0.2, 0.25) is 0 Å². The molecule has 0 aliphatic rings. The summed E-state index contributed by atoms with van der Waals surface area (Å²) in [6.45, 7) is 1.72. The molecule has 0 radical (unpaired) electrons. The van der Waals surface area contributed by atoms with Crippen LogP contribution in [0.25, 0.3) is 0 Å². The van der Waals surface area contributed by atoms with Crippen LogP contribution in [-0.4, -0.2) is 26.1 Å². The Morgan fingerprint density at radius 2 is 2.31 bits per heavy atom. The van der Waals surface area contributed by atoms with E-state index < -0.39 is 0 Å². The zero-order valence-corrected chi connectivity index (χ0v) is 9.95. The Bertz CT molecular complexity index is 507. The minimum atomic E-state index is -0.390. The number of amides is 1. The van der Waals surface area contributed by atoms with Gasteiger partial charge >= 0.3 is 0 Å². The molecule has 7 heteroatoms. The third-order valence-electron chi connectivity index (χ3n) is 1.77. The van der Waals surface area contributed by atoms with E-state index in [1.807, 2.05) is 0 Å². The van der Waals surface area contributed by atoms with Gasteiger partial charge < -0.3 is 5.32 Å². The molecule has 1 amide bonds. The molecule has 0 fully saturated rings. The van der Waals surface area contributed by atoms with Gasteiger partial charge in [-0.3, -0.25) is 9.89 Å². The predicted octanol–water partition coefficient (Wildman–Crippen LogP) is 1.52. The van der Waals surface area contributed by atoms with Gasteiger partial charge in [0.25, 0.3) is 5.91 Å². The Morgan fingerprint density at radius 3 is 2.88 bits per heavy atom. The second-order valence-electron chi connectivity index (χ2n) is 3.06. The second-order valence-corrected chi connectivity index (χ2v) is 3.98. The van der Waals surface area contributed by atoms with Crippen molar-refractivity contribution in [3.63, 3.8) is 0 Å². The van der Waals surface area contributed by atoms with E-state index in [1.165, 1.54) is 0 Å². The first kappa shape index (κ1) is 10.7. The van der Waals surface area contributed by atoms with Gasteiger partial charge in [-0.25, -0.2) is 9.97 Å². The molecule has 2 aromatic heterocycles. The number of hydrogen-bond acceptors (Lipinski definition) is 4. The van der Waals surface area contributed by atoms with Crippen LogP contribution in [0.5, 0.6) is 0 Å². The maximum Gasteiger partial charge on any atom is 0.296 e. The number of nitrogens with zero attached hydrogens (tertiary/aromatic N) is 3. The summed E-state index contributed by atoms with van der Waals surface area (Å²) in [5, 5.41) is 8.92. The van der Waals surface area contributed by atoms with E-state index in [9.17, 15) is 4.79 Å². The summed E-state index contributed by atoms with van der Waals surface area (Å²) in [6, 6.07) is 3.47. The maximum atomic E-state index is 11.6. The Balaban J connectivity index is 2.10. The molecule has 0 saturated carbocycles. The number of halogens is 1. The van der Waals surface area contributed by atoms with Crippen LogP contribution in [0.1, 0.15) is 16.4 Å². The lowest BCUT2D eigenvalue weighted by molar-refractivity contribution is 0.101. The van der Waals surface area contributed by atoms with E-state index in [0.717, 1.165) is 4.47 Å². The molecule has 2 heterocycles. The summed E-state index contributed by atoms with van der Waals surface area (Å²) in [5.41, 5.74) is 0. The molecule has 2 rings (SSSR count). The van der Waals surface area contributed by atoms with Gasteiger partial charge in [-0.05, 0) is 35.0 Å². The molecule has 6 nitrogen and oxygen atoms in total. The fourth-order valence-corrected chi connectivity index (χ4v) is 1.30. The standard InChI is InChI=1S/C9H8BrN5O/c1-5-12-8(15-14-5)9(16)13-7-3-2-6(10)4-11-7/h2-4H,1H3,(H,11,13,16)(H,12,14,15). The van der Waals surface area contributed by atoms with E-state index in [1.54, 1.807) is 25.3 Å². The number of carbonyl (C=O) groups is 1. The molecule has 0 atom stereocenters. The van der Waals surface area contributed by atoms with Crippen molar-refractivity contribution in [3.05, 3.63) is 34.5 Å². The first-order valence-corrected chi connectivity index (χ1v) is 5.26. The van der Waals surface area contributed by atoms with Crippen molar-refractivity contribution in [1.29, 1.82) is 0 Å². The third kappa shape index (κ3) is 2.43. The van der Waals surface area contributed by atoms with Crippen molar-refractivity contribution in [1.82, 2.24) is 20.2 Å². The fraction of sp³-hybridized carbons (Fsp3) is 0.111. The summed E-state index contributed by atoms with van der Waals surface area (Å²) in [4.78, 5) is 19.5. The highest BCUT2D eigenvalue weighted by Gasteiger charge is 2.11. The van der Waals surface area contributed by atoms with Crippen LogP contribution < -0.4 is 5.32 Å². The molecule has 2 N–H and O–H groups in total. The average Bonchev–Trinajstić information content (AvgIpc) is 2.68. The van der Waals surface area contributed by atoms with E-state index in [-0.39, 0.29) is 11.7 Å². The Labute approximate surface area is 99.6 Å². The van der Waals surface area contributed by atoms with Gasteiger partial charge in [0.15, 0.2) is 0 Å². The van der Waals surface area contributed by atoms with Crippen LogP contribution in [0, 0.1) is 6.92 Å². The second kappa shape index (κ2) is 4.40. The number of aryl methyl sites for hydroxylation is 1. The van der Waals surface area contributed by atoms with Gasteiger partial charge in [0, 0.05) is 10.7 Å². The number of anilines is 1. The van der Waals surface area contributed by atoms with Crippen LogP contribution in [0.4, 0.5) is 5.82 Å². The van der Waals surface area contributed by atoms with Gasteiger partial charge in [-0.1, -0.05) is 0 Å². The lowest BCUT2D eigenvalue weighted by atomic mass is 10.4. The van der Waals surface area contributed by atoms with Crippen LogP contribution in [-0.2, 0) is 0 Å². The highest BCUT2D eigenvalue weighted by molar-refractivity contribution is 9.10. The molecule has 0 spiro atoms. The number of rotatable bonds is 2. The van der Waals surface area contributed by atoms with Crippen LogP contribution >= 0.6 is 15.9 Å². The van der Waals surface area contributed by atoms with Gasteiger partial charge in [0.05, 0.1) is 0 Å². The van der Waals surface area contributed by atoms with Crippen molar-refractivity contribution in [2.24, 2.45) is 0 Å². The van der Waals surface area contributed by atoms with Crippen molar-refractivity contribution in [2.75, 3.05) is 5.32 Å². The Hall–Kier alpha value is -1.76. The summed E-state index contributed by atoms with van der Waals surface area (Å²) < 4.78 is 0.847. The first-order valence-electron chi connectivity index (χ1n) is 4.47. The fourth-order valence-electron chi connectivity index (χ4n) is 1.07. The van der Waals surface area contributed by atoms with Gasteiger partial charge in [-0.15, -0.1) is 5.10 Å². The average molecular weight is 282 g/mol. The normalized spacial score (nSPS) is 10.1. The highest BCUT2D eigenvalue weighted by Crippen LogP contribution is 2.10. The highest BCUT2D eigenvalue weighted by atomic mass is 79.9. The molecule has 0 saturated heterocycles. The van der Waals surface area contributed by atoms with Gasteiger partial charge in [0.1, 0.15) is 11.6 Å². The van der Waals surface area contributed by atoms with Crippen LogP contribution in [0.3, 0.4) is 0 Å². The Kier molecular flexibility index (Phi) is 2.95. The molecule has 2 aromatic rings. The number of carbonyl (C=O) groups excluding carboxylic acids is 1. The molecular weight excluding hydrogens is 274 g/mol. The van der Waals surface area contributed by atoms with E-state index in [4.69, 9.17) is 0 Å². The number of hydrogen-bond donors (Lipinski definition) is 2. The molecular formula is C9H8BrN5O. The molecule has 0 bridgehead atoms. The monoisotopic (exact) mass is 281 g/mol. The molecule has 82 valence electrons. The number of nitrogens with one attached hydrogen (secondary N) is 2. The zero-order valence-electron chi connectivity index (χ0n) is 8.36. The number of aromatic amines is 1. The van der Waals surface area contributed by atoms with Gasteiger partial charge in [-0.2, -0.15) is 0 Å². The SMILES string of the molecule is Cc1nc(C(=O)Nc2ccc(Br)cn2)n[nH]1. The number of H-pyrrole nitrogens is 1. The molecule has 16 heavy (non-hydrogen) atoms. The zero-order chi connectivity index (χ0) is 11.5. The molecule has 0 aliphatic heterocycles. The van der Waals surface area contributed by atoms with E-state index in [0.29, 0.717) is 11.6 Å². The van der Waals surface area contributed by atoms with Crippen molar-refractivity contribution in [3.8, 4) is 0 Å². The third-order valence-corrected chi connectivity index (χ3v) is 2.24. The van der Waals surface area contributed by atoms with Crippen molar-refractivity contribution >= 4 is 27.7 Å². The molecule has 0 unspecified atom stereocenters. The Morgan fingerprint density at radius 1 is 1.50 bits per heavy atom. The van der Waals surface area contributed by atoms with E-state index >= 15 is 0 Å². The summed E-state index contributed by atoms with van der Waals surface area (Å²) in [7, 11) is 0. The van der Waals surface area contributed by atoms with Crippen molar-refractivity contribution < 1.29 is 4.79 Å². The topological polar surface area (TPSA) is 83.6 Å². The molecule has 0 aliphatic carbocycles.